The summed E-state index contributed by atoms with van der Waals surface area (Å²) >= 11 is 0. The fourth-order valence-electron chi connectivity index (χ4n) is 3.26. The van der Waals surface area contributed by atoms with E-state index in [0.29, 0.717) is 25.2 Å². The summed E-state index contributed by atoms with van der Waals surface area (Å²) in [5.41, 5.74) is 1.44. The predicted molar refractivity (Wildman–Crippen MR) is 113 cm³/mol. The molecule has 1 heterocycles. The van der Waals surface area contributed by atoms with E-state index in [0.717, 1.165) is 18.8 Å². The molecule has 1 fully saturated rings. The van der Waals surface area contributed by atoms with Gasteiger partial charge in [0, 0.05) is 50.0 Å². The van der Waals surface area contributed by atoms with Crippen LogP contribution in [0.1, 0.15) is 13.3 Å². The molecule has 9 nitrogen and oxygen atoms in total. The fraction of sp³-hybridized carbons (Fsp3) is 0.333. The lowest BCUT2D eigenvalue weighted by atomic mass is 10.2. The lowest BCUT2D eigenvalue weighted by Crippen LogP contribution is -2.48. The summed E-state index contributed by atoms with van der Waals surface area (Å²) in [5, 5.41) is 13.7. The number of carbonyl (C=O) groups excluding carboxylic acids is 2. The van der Waals surface area contributed by atoms with Gasteiger partial charge in [-0.25, -0.2) is 0 Å². The van der Waals surface area contributed by atoms with Gasteiger partial charge in [0.25, 0.3) is 5.91 Å². The van der Waals surface area contributed by atoms with Crippen molar-refractivity contribution in [2.75, 3.05) is 43.0 Å². The molecule has 2 amide bonds. The van der Waals surface area contributed by atoms with E-state index >= 15 is 0 Å². The summed E-state index contributed by atoms with van der Waals surface area (Å²) in [6, 6.07) is 13.3. The van der Waals surface area contributed by atoms with Crippen molar-refractivity contribution in [2.24, 2.45) is 0 Å². The van der Waals surface area contributed by atoms with Gasteiger partial charge in [0.05, 0.1) is 4.92 Å². The second-order valence-electron chi connectivity index (χ2n) is 6.83. The van der Waals surface area contributed by atoms with Crippen LogP contribution in [0.5, 0.6) is 5.75 Å². The zero-order valence-corrected chi connectivity index (χ0v) is 16.7. The first-order valence-corrected chi connectivity index (χ1v) is 9.76. The Kier molecular flexibility index (Phi) is 6.84. The Balaban J connectivity index is 1.50. The molecule has 0 radical (unpaired) electrons. The Bertz CT molecular complexity index is 908. The first-order valence-electron chi connectivity index (χ1n) is 9.76. The molecule has 2 aromatic rings. The van der Waals surface area contributed by atoms with Crippen LogP contribution in [0, 0.1) is 10.1 Å². The average Bonchev–Trinajstić information content (AvgIpc) is 2.78. The number of anilines is 2. The number of nitrogens with one attached hydrogen (secondary N) is 1. The molecule has 0 atom stereocenters. The summed E-state index contributed by atoms with van der Waals surface area (Å²) in [5.74, 6) is -0.183. The standard InChI is InChI=1S/C21H24N4O5/c1-2-21(27)24-13-11-23(12-14-24)17-9-7-16(8-10-17)22-20(26)15-30-19-6-4-3-5-18(19)25(28)29/h3-10H,2,11-15H2,1H3,(H,22,26). The monoisotopic (exact) mass is 412 g/mol. The molecule has 0 saturated carbocycles. The molecule has 0 aliphatic carbocycles. The van der Waals surface area contributed by atoms with Gasteiger partial charge >= 0.3 is 5.69 Å². The number of ether oxygens (including phenoxy) is 1. The number of amides is 2. The molecular weight excluding hydrogens is 388 g/mol. The summed E-state index contributed by atoms with van der Waals surface area (Å²) < 4.78 is 5.30. The SMILES string of the molecule is CCC(=O)N1CCN(c2ccc(NC(=O)COc3ccccc3[N+](=O)[O-])cc2)CC1. The molecule has 9 heteroatoms. The van der Waals surface area contributed by atoms with E-state index in [1.165, 1.54) is 18.2 Å². The van der Waals surface area contributed by atoms with Crippen LogP contribution >= 0.6 is 0 Å². The molecule has 1 aliphatic heterocycles. The first kappa shape index (κ1) is 21.1. The van der Waals surface area contributed by atoms with Gasteiger partial charge in [0.1, 0.15) is 0 Å². The molecule has 0 aromatic heterocycles. The maximum absolute atomic E-state index is 12.1. The molecule has 3 rings (SSSR count). The molecule has 0 bridgehead atoms. The van der Waals surface area contributed by atoms with Gasteiger partial charge in [-0.2, -0.15) is 0 Å². The van der Waals surface area contributed by atoms with Crippen molar-refractivity contribution in [3.8, 4) is 5.75 Å². The quantitative estimate of drug-likeness (QED) is 0.554. The van der Waals surface area contributed by atoms with Crippen LogP contribution in [0.4, 0.5) is 17.1 Å². The highest BCUT2D eigenvalue weighted by atomic mass is 16.6. The highest BCUT2D eigenvalue weighted by molar-refractivity contribution is 5.92. The minimum absolute atomic E-state index is 0.0497. The second-order valence-corrected chi connectivity index (χ2v) is 6.83. The van der Waals surface area contributed by atoms with Gasteiger partial charge in [0.2, 0.25) is 5.91 Å². The van der Waals surface area contributed by atoms with Crippen molar-refractivity contribution in [3.63, 3.8) is 0 Å². The van der Waals surface area contributed by atoms with Crippen molar-refractivity contribution in [1.29, 1.82) is 0 Å². The zero-order valence-electron chi connectivity index (χ0n) is 16.7. The Labute approximate surface area is 174 Å². The topological polar surface area (TPSA) is 105 Å². The van der Waals surface area contributed by atoms with Gasteiger partial charge in [0.15, 0.2) is 12.4 Å². The van der Waals surface area contributed by atoms with E-state index in [1.54, 1.807) is 18.2 Å². The molecular formula is C21H24N4O5. The predicted octanol–water partition coefficient (Wildman–Crippen LogP) is 2.67. The van der Waals surface area contributed by atoms with Crippen LogP contribution in [0.3, 0.4) is 0 Å². The van der Waals surface area contributed by atoms with Gasteiger partial charge in [-0.1, -0.05) is 19.1 Å². The Morgan fingerprint density at radius 1 is 1.07 bits per heavy atom. The zero-order chi connectivity index (χ0) is 21.5. The molecule has 1 saturated heterocycles. The Morgan fingerprint density at radius 2 is 1.73 bits per heavy atom. The number of hydrogen-bond acceptors (Lipinski definition) is 6. The third-order valence-electron chi connectivity index (χ3n) is 4.87. The maximum Gasteiger partial charge on any atom is 0.310 e. The van der Waals surface area contributed by atoms with Crippen LogP contribution < -0.4 is 15.0 Å². The van der Waals surface area contributed by atoms with E-state index in [4.69, 9.17) is 4.74 Å². The summed E-state index contributed by atoms with van der Waals surface area (Å²) in [6.07, 6.45) is 0.524. The van der Waals surface area contributed by atoms with E-state index in [-0.39, 0.29) is 24.0 Å². The number of carbonyl (C=O) groups is 2. The number of hydrogen-bond donors (Lipinski definition) is 1. The summed E-state index contributed by atoms with van der Waals surface area (Å²) in [6.45, 7) is 4.47. The largest absolute Gasteiger partial charge is 0.477 e. The lowest BCUT2D eigenvalue weighted by molar-refractivity contribution is -0.385. The molecule has 0 unspecified atom stereocenters. The third kappa shape index (κ3) is 5.25. The van der Waals surface area contributed by atoms with Gasteiger partial charge < -0.3 is 19.9 Å². The van der Waals surface area contributed by atoms with Crippen LogP contribution in [0.25, 0.3) is 0 Å². The van der Waals surface area contributed by atoms with Crippen molar-refractivity contribution < 1.29 is 19.2 Å². The minimum Gasteiger partial charge on any atom is -0.477 e. The van der Waals surface area contributed by atoms with E-state index in [2.05, 4.69) is 10.2 Å². The van der Waals surface area contributed by atoms with Gasteiger partial charge in [-0.05, 0) is 30.3 Å². The van der Waals surface area contributed by atoms with E-state index < -0.39 is 10.8 Å². The second kappa shape index (κ2) is 9.73. The number of piperazine rings is 1. The number of rotatable bonds is 7. The number of benzene rings is 2. The molecule has 1 aliphatic rings. The molecule has 0 spiro atoms. The Hall–Kier alpha value is -3.62. The molecule has 30 heavy (non-hydrogen) atoms. The molecule has 2 aromatic carbocycles. The summed E-state index contributed by atoms with van der Waals surface area (Å²) in [4.78, 5) is 38.4. The average molecular weight is 412 g/mol. The molecule has 158 valence electrons. The summed E-state index contributed by atoms with van der Waals surface area (Å²) in [7, 11) is 0. The van der Waals surface area contributed by atoms with Crippen molar-refractivity contribution in [1.82, 2.24) is 4.90 Å². The highest BCUT2D eigenvalue weighted by Crippen LogP contribution is 2.26. The van der Waals surface area contributed by atoms with Crippen molar-refractivity contribution in [2.45, 2.75) is 13.3 Å². The number of nitrogens with zero attached hydrogens (tertiary/aromatic N) is 3. The van der Waals surface area contributed by atoms with Crippen molar-refractivity contribution >= 4 is 28.9 Å². The number of para-hydroxylation sites is 2. The van der Waals surface area contributed by atoms with Crippen LogP contribution in [0.2, 0.25) is 0 Å². The maximum atomic E-state index is 12.1. The number of nitro groups is 1. The highest BCUT2D eigenvalue weighted by Gasteiger charge is 2.20. The van der Waals surface area contributed by atoms with Crippen LogP contribution in [0.15, 0.2) is 48.5 Å². The number of nitro benzene ring substituents is 1. The van der Waals surface area contributed by atoms with Crippen LogP contribution in [-0.4, -0.2) is 54.4 Å². The smallest absolute Gasteiger partial charge is 0.310 e. The van der Waals surface area contributed by atoms with Crippen molar-refractivity contribution in [3.05, 3.63) is 58.6 Å². The third-order valence-corrected chi connectivity index (χ3v) is 4.87. The van der Waals surface area contributed by atoms with E-state index in [9.17, 15) is 19.7 Å². The van der Waals surface area contributed by atoms with Gasteiger partial charge in [-0.15, -0.1) is 0 Å². The first-order chi connectivity index (χ1) is 14.5. The van der Waals surface area contributed by atoms with Gasteiger partial charge in [-0.3, -0.25) is 19.7 Å². The normalized spacial score (nSPS) is 13.6. The fourth-order valence-corrected chi connectivity index (χ4v) is 3.26. The van der Waals surface area contributed by atoms with Crippen LogP contribution in [-0.2, 0) is 9.59 Å². The van der Waals surface area contributed by atoms with E-state index in [1.807, 2.05) is 24.0 Å². The minimum atomic E-state index is -0.552. The lowest BCUT2D eigenvalue weighted by Gasteiger charge is -2.36. The Morgan fingerprint density at radius 3 is 2.37 bits per heavy atom. The molecule has 1 N–H and O–H groups in total.